The fourth-order valence-electron chi connectivity index (χ4n) is 1.73. The normalized spacial score (nSPS) is 14.4. The molecular weight excluding hydrogens is 244 g/mol. The smallest absolute Gasteiger partial charge is 0.196 e. The molecule has 0 aliphatic rings. The number of rotatable bonds is 7. The summed E-state index contributed by atoms with van der Waals surface area (Å²) in [5, 5.41) is 18.7. The third-order valence-corrected chi connectivity index (χ3v) is 2.95. The van der Waals surface area contributed by atoms with Gasteiger partial charge in [-0.1, -0.05) is 38.1 Å². The van der Waals surface area contributed by atoms with Crippen LogP contribution in [0.4, 0.5) is 0 Å². The van der Waals surface area contributed by atoms with E-state index < -0.39 is 5.60 Å². The number of ether oxygens (including phenoxy) is 1. The highest BCUT2D eigenvalue weighted by molar-refractivity contribution is 6.02. The van der Waals surface area contributed by atoms with Crippen LogP contribution in [0.1, 0.15) is 42.6 Å². The monoisotopic (exact) mass is 266 g/mol. The Labute approximate surface area is 114 Å². The Balaban J connectivity index is 2.75. The standard InChI is InChI=1S/C15H22O4/c1-11(2)12-4-6-13(7-5-12)14(17)15(3,18)10-19-9-8-16/h4-7,11,16,18H,8-10H2,1-3H3. The molecule has 1 aromatic rings. The van der Waals surface area contributed by atoms with Gasteiger partial charge in [-0.05, 0) is 18.4 Å². The summed E-state index contributed by atoms with van der Waals surface area (Å²) in [5.74, 6) is 0.0262. The van der Waals surface area contributed by atoms with Gasteiger partial charge in [0.05, 0.1) is 19.8 Å². The van der Waals surface area contributed by atoms with Crippen LogP contribution in [0.3, 0.4) is 0 Å². The maximum Gasteiger partial charge on any atom is 0.196 e. The van der Waals surface area contributed by atoms with Crippen molar-refractivity contribution < 1.29 is 19.7 Å². The summed E-state index contributed by atoms with van der Waals surface area (Å²) in [7, 11) is 0. The van der Waals surface area contributed by atoms with Gasteiger partial charge in [0.1, 0.15) is 5.60 Å². The Morgan fingerprint density at radius 2 is 1.89 bits per heavy atom. The van der Waals surface area contributed by atoms with Crippen LogP contribution >= 0.6 is 0 Å². The SMILES string of the molecule is CC(C)c1ccc(C(=O)C(C)(O)COCCO)cc1. The molecule has 0 saturated carbocycles. The van der Waals surface area contributed by atoms with Crippen LogP contribution in [0.15, 0.2) is 24.3 Å². The molecule has 0 radical (unpaired) electrons. The zero-order chi connectivity index (χ0) is 14.5. The van der Waals surface area contributed by atoms with E-state index in [1.807, 2.05) is 12.1 Å². The van der Waals surface area contributed by atoms with E-state index >= 15 is 0 Å². The van der Waals surface area contributed by atoms with Crippen molar-refractivity contribution in [2.45, 2.75) is 32.3 Å². The number of hydrogen-bond acceptors (Lipinski definition) is 4. The van der Waals surface area contributed by atoms with Gasteiger partial charge < -0.3 is 14.9 Å². The highest BCUT2D eigenvalue weighted by Crippen LogP contribution is 2.18. The highest BCUT2D eigenvalue weighted by atomic mass is 16.5. The lowest BCUT2D eigenvalue weighted by atomic mass is 9.93. The van der Waals surface area contributed by atoms with Gasteiger partial charge in [-0.25, -0.2) is 0 Å². The average molecular weight is 266 g/mol. The molecule has 1 unspecified atom stereocenters. The van der Waals surface area contributed by atoms with E-state index in [0.29, 0.717) is 11.5 Å². The molecule has 0 heterocycles. The predicted molar refractivity (Wildman–Crippen MR) is 73.4 cm³/mol. The van der Waals surface area contributed by atoms with Gasteiger partial charge in [0, 0.05) is 5.56 Å². The summed E-state index contributed by atoms with van der Waals surface area (Å²) in [6.07, 6.45) is 0. The molecule has 0 aliphatic heterocycles. The quantitative estimate of drug-likeness (QED) is 0.583. The molecule has 4 nitrogen and oxygen atoms in total. The van der Waals surface area contributed by atoms with Gasteiger partial charge in [-0.15, -0.1) is 0 Å². The lowest BCUT2D eigenvalue weighted by Gasteiger charge is -2.21. The highest BCUT2D eigenvalue weighted by Gasteiger charge is 2.31. The number of benzene rings is 1. The number of hydrogen-bond donors (Lipinski definition) is 2. The van der Waals surface area contributed by atoms with Crippen molar-refractivity contribution in [2.24, 2.45) is 0 Å². The molecular formula is C15H22O4. The van der Waals surface area contributed by atoms with Gasteiger partial charge in [-0.3, -0.25) is 4.79 Å². The van der Waals surface area contributed by atoms with E-state index in [4.69, 9.17) is 9.84 Å². The molecule has 0 bridgehead atoms. The third-order valence-electron chi connectivity index (χ3n) is 2.95. The second-order valence-corrected chi connectivity index (χ2v) is 5.16. The van der Waals surface area contributed by atoms with E-state index in [9.17, 15) is 9.90 Å². The molecule has 4 heteroatoms. The third kappa shape index (κ3) is 4.42. The Morgan fingerprint density at radius 3 is 2.37 bits per heavy atom. The molecule has 1 rings (SSSR count). The zero-order valence-electron chi connectivity index (χ0n) is 11.7. The molecule has 0 amide bonds. The van der Waals surface area contributed by atoms with E-state index in [-0.39, 0.29) is 25.6 Å². The van der Waals surface area contributed by atoms with E-state index in [2.05, 4.69) is 13.8 Å². The summed E-state index contributed by atoms with van der Waals surface area (Å²) in [6, 6.07) is 7.22. The van der Waals surface area contributed by atoms with Crippen molar-refractivity contribution in [3.05, 3.63) is 35.4 Å². The lowest BCUT2D eigenvalue weighted by Crippen LogP contribution is -2.40. The molecule has 1 atom stereocenters. The maximum absolute atomic E-state index is 12.1. The van der Waals surface area contributed by atoms with E-state index in [0.717, 1.165) is 5.56 Å². The fraction of sp³-hybridized carbons (Fsp3) is 0.533. The van der Waals surface area contributed by atoms with E-state index in [1.54, 1.807) is 12.1 Å². The molecule has 19 heavy (non-hydrogen) atoms. The van der Waals surface area contributed by atoms with Crippen LogP contribution in [-0.2, 0) is 4.74 Å². The Kier molecular flexibility index (Phi) is 5.66. The predicted octanol–water partition coefficient (Wildman–Crippen LogP) is 1.75. The number of aliphatic hydroxyl groups excluding tert-OH is 1. The second-order valence-electron chi connectivity index (χ2n) is 5.16. The van der Waals surface area contributed by atoms with Crippen LogP contribution in [0.2, 0.25) is 0 Å². The summed E-state index contributed by atoms with van der Waals surface area (Å²) in [4.78, 5) is 12.1. The lowest BCUT2D eigenvalue weighted by molar-refractivity contribution is -0.0251. The number of Topliss-reactive ketones (excluding diaryl/α,β-unsaturated/α-hetero) is 1. The number of aliphatic hydroxyl groups is 2. The molecule has 1 aromatic carbocycles. The maximum atomic E-state index is 12.1. The Bertz CT molecular complexity index is 407. The van der Waals surface area contributed by atoms with Crippen molar-refractivity contribution in [3.63, 3.8) is 0 Å². The first-order valence-electron chi connectivity index (χ1n) is 6.44. The minimum absolute atomic E-state index is 0.107. The second kappa shape index (κ2) is 6.80. The average Bonchev–Trinajstić information content (AvgIpc) is 2.38. The molecule has 0 saturated heterocycles. The first-order chi connectivity index (χ1) is 8.88. The Hall–Kier alpha value is -1.23. The first-order valence-corrected chi connectivity index (χ1v) is 6.44. The van der Waals surface area contributed by atoms with Gasteiger partial charge in [0.15, 0.2) is 5.78 Å². The summed E-state index contributed by atoms with van der Waals surface area (Å²) in [6.45, 7) is 5.43. The number of carbonyl (C=O) groups excluding carboxylic acids is 1. The Morgan fingerprint density at radius 1 is 1.32 bits per heavy atom. The molecule has 0 aliphatic carbocycles. The molecule has 106 valence electrons. The van der Waals surface area contributed by atoms with Crippen LogP contribution in [0.25, 0.3) is 0 Å². The molecule has 0 spiro atoms. The van der Waals surface area contributed by atoms with Crippen LogP contribution in [0.5, 0.6) is 0 Å². The van der Waals surface area contributed by atoms with Gasteiger partial charge in [-0.2, -0.15) is 0 Å². The van der Waals surface area contributed by atoms with Gasteiger partial charge in [0.2, 0.25) is 0 Å². The topological polar surface area (TPSA) is 66.8 Å². The number of ketones is 1. The summed E-state index contributed by atoms with van der Waals surface area (Å²) in [5.41, 5.74) is 0.0313. The molecule has 0 fully saturated rings. The first kappa shape index (κ1) is 15.8. The van der Waals surface area contributed by atoms with Crippen molar-refractivity contribution >= 4 is 5.78 Å². The largest absolute Gasteiger partial charge is 0.394 e. The van der Waals surface area contributed by atoms with Gasteiger partial charge in [0.25, 0.3) is 0 Å². The number of carbonyl (C=O) groups is 1. The van der Waals surface area contributed by atoms with Crippen LogP contribution in [0, 0.1) is 0 Å². The van der Waals surface area contributed by atoms with Crippen molar-refractivity contribution in [1.29, 1.82) is 0 Å². The minimum Gasteiger partial charge on any atom is -0.394 e. The van der Waals surface area contributed by atoms with Crippen molar-refractivity contribution in [1.82, 2.24) is 0 Å². The van der Waals surface area contributed by atoms with Gasteiger partial charge >= 0.3 is 0 Å². The fourth-order valence-corrected chi connectivity index (χ4v) is 1.73. The minimum atomic E-state index is -1.57. The molecule has 0 aromatic heterocycles. The summed E-state index contributed by atoms with van der Waals surface area (Å²) < 4.78 is 5.03. The molecule has 2 N–H and O–H groups in total. The van der Waals surface area contributed by atoms with Crippen LogP contribution < -0.4 is 0 Å². The van der Waals surface area contributed by atoms with Crippen LogP contribution in [-0.4, -0.2) is 41.4 Å². The summed E-state index contributed by atoms with van der Waals surface area (Å²) >= 11 is 0. The van der Waals surface area contributed by atoms with E-state index in [1.165, 1.54) is 6.92 Å². The zero-order valence-corrected chi connectivity index (χ0v) is 11.7. The van der Waals surface area contributed by atoms with Crippen molar-refractivity contribution in [3.8, 4) is 0 Å². The van der Waals surface area contributed by atoms with Crippen molar-refractivity contribution in [2.75, 3.05) is 19.8 Å².